The van der Waals surface area contributed by atoms with Gasteiger partial charge in [0.1, 0.15) is 5.75 Å². The van der Waals surface area contributed by atoms with Gasteiger partial charge in [-0.15, -0.1) is 0 Å². The van der Waals surface area contributed by atoms with Gasteiger partial charge < -0.3 is 9.84 Å². The molecule has 0 bridgehead atoms. The van der Waals surface area contributed by atoms with Crippen LogP contribution in [0, 0.1) is 40.4 Å². The van der Waals surface area contributed by atoms with Crippen molar-refractivity contribution in [1.29, 1.82) is 0 Å². The van der Waals surface area contributed by atoms with Crippen LogP contribution in [0.3, 0.4) is 0 Å². The molecule has 0 saturated heterocycles. The lowest BCUT2D eigenvalue weighted by Crippen LogP contribution is -2.51. The number of allylic oxidation sites excluding steroid dienone is 3. The second-order valence-corrected chi connectivity index (χ2v) is 13.7. The zero-order valence-corrected chi connectivity index (χ0v) is 24.9. The van der Waals surface area contributed by atoms with E-state index < -0.39 is 11.7 Å². The number of methoxy groups -OCH3 is 1. The predicted octanol–water partition coefficient (Wildman–Crippen LogP) is 8.35. The number of halogens is 3. The maximum atomic E-state index is 13.7. The van der Waals surface area contributed by atoms with Crippen molar-refractivity contribution in [3.05, 3.63) is 88.5 Å². The van der Waals surface area contributed by atoms with Gasteiger partial charge in [-0.05, 0) is 133 Å². The Morgan fingerprint density at radius 2 is 1.67 bits per heavy atom. The molecule has 0 heterocycles. The summed E-state index contributed by atoms with van der Waals surface area (Å²) in [5, 5.41) is 9.71. The molecule has 2 aromatic rings. The molecule has 7 atom stereocenters. The van der Waals surface area contributed by atoms with Crippen LogP contribution in [-0.2, 0) is 22.1 Å². The lowest BCUT2D eigenvalue weighted by Gasteiger charge is -2.57. The Morgan fingerprint density at radius 3 is 2.33 bits per heavy atom. The first-order valence-electron chi connectivity index (χ1n) is 15.3. The molecule has 1 N–H and O–H groups in total. The highest BCUT2D eigenvalue weighted by Gasteiger charge is 2.60. The normalized spacial score (nSPS) is 33.4. The number of phenols is 1. The minimum atomic E-state index is -4.39. The number of ketones is 1. The number of alkyl halides is 3. The molecule has 43 heavy (non-hydrogen) atoms. The molecule has 0 aromatic heterocycles. The van der Waals surface area contributed by atoms with E-state index in [0.717, 1.165) is 61.8 Å². The second kappa shape index (κ2) is 10.7. The third kappa shape index (κ3) is 5.02. The Balaban J connectivity index is 1.28. The lowest BCUT2D eigenvalue weighted by atomic mass is 9.46. The van der Waals surface area contributed by atoms with Crippen LogP contribution in [0.2, 0.25) is 0 Å². The van der Waals surface area contributed by atoms with Crippen molar-refractivity contribution in [3.8, 4) is 5.75 Å². The maximum absolute atomic E-state index is 13.7. The van der Waals surface area contributed by atoms with E-state index >= 15 is 0 Å². The Morgan fingerprint density at radius 1 is 0.977 bits per heavy atom. The van der Waals surface area contributed by atoms with E-state index in [0.29, 0.717) is 35.3 Å². The van der Waals surface area contributed by atoms with E-state index in [1.54, 1.807) is 24.3 Å². The van der Waals surface area contributed by atoms with Crippen LogP contribution in [0.5, 0.6) is 5.75 Å². The highest BCUT2D eigenvalue weighted by molar-refractivity contribution is 5.98. The van der Waals surface area contributed by atoms with E-state index in [9.17, 15) is 27.9 Å². The summed E-state index contributed by atoms with van der Waals surface area (Å²) in [5.74, 6) is 0.928. The summed E-state index contributed by atoms with van der Waals surface area (Å²) >= 11 is 0. The predicted molar refractivity (Wildman–Crippen MR) is 157 cm³/mol. The number of esters is 1. The molecule has 2 saturated carbocycles. The van der Waals surface area contributed by atoms with Crippen LogP contribution in [-0.4, -0.2) is 24.0 Å². The van der Waals surface area contributed by atoms with Crippen LogP contribution in [0.1, 0.15) is 73.9 Å². The van der Waals surface area contributed by atoms with Gasteiger partial charge in [-0.25, -0.2) is 4.79 Å². The number of hydrogen-bond acceptors (Lipinski definition) is 4. The molecule has 2 fully saturated rings. The molecule has 0 radical (unpaired) electrons. The molecule has 0 aliphatic heterocycles. The van der Waals surface area contributed by atoms with Crippen LogP contribution >= 0.6 is 0 Å². The number of aromatic hydroxyl groups is 1. The smallest absolute Gasteiger partial charge is 0.416 e. The summed E-state index contributed by atoms with van der Waals surface area (Å²) in [6, 6.07) is 11.9. The first kappa shape index (κ1) is 29.7. The van der Waals surface area contributed by atoms with Gasteiger partial charge >= 0.3 is 12.1 Å². The molecule has 7 heteroatoms. The van der Waals surface area contributed by atoms with Gasteiger partial charge in [0.05, 0.1) is 12.7 Å². The van der Waals surface area contributed by atoms with E-state index in [4.69, 9.17) is 4.74 Å². The lowest BCUT2D eigenvalue weighted by molar-refractivity contribution is -0.138. The maximum Gasteiger partial charge on any atom is 0.416 e. The van der Waals surface area contributed by atoms with Gasteiger partial charge in [0, 0.05) is 17.1 Å². The first-order valence-corrected chi connectivity index (χ1v) is 15.3. The van der Waals surface area contributed by atoms with Gasteiger partial charge in [-0.2, -0.15) is 13.2 Å². The van der Waals surface area contributed by atoms with Gasteiger partial charge in [-0.1, -0.05) is 32.1 Å². The topological polar surface area (TPSA) is 63.6 Å². The number of rotatable bonds is 5. The molecular formula is C36H39F3O4. The Labute approximate surface area is 251 Å². The molecule has 4 aliphatic rings. The largest absolute Gasteiger partial charge is 0.508 e. The quantitative estimate of drug-likeness (QED) is 0.280. The average Bonchev–Trinajstić information content (AvgIpc) is 3.33. The van der Waals surface area contributed by atoms with Crippen LogP contribution < -0.4 is 0 Å². The first-order chi connectivity index (χ1) is 20.3. The number of hydrogen-bond donors (Lipinski definition) is 1. The number of ether oxygens (including phenoxy) is 1. The minimum Gasteiger partial charge on any atom is -0.508 e. The molecule has 4 aliphatic carbocycles. The Kier molecular flexibility index (Phi) is 7.37. The molecule has 0 amide bonds. The number of benzene rings is 2. The number of carbonyl (C=O) groups excluding carboxylic acids is 2. The van der Waals surface area contributed by atoms with Gasteiger partial charge in [0.25, 0.3) is 0 Å². The highest BCUT2D eigenvalue weighted by atomic mass is 19.4. The summed E-state index contributed by atoms with van der Waals surface area (Å²) in [5.41, 5.74) is 2.21. The molecule has 4 nitrogen and oxygen atoms in total. The Hall–Kier alpha value is -3.35. The van der Waals surface area contributed by atoms with Crippen molar-refractivity contribution in [2.45, 2.75) is 65.0 Å². The summed E-state index contributed by atoms with van der Waals surface area (Å²) in [6.45, 7) is 4.60. The third-order valence-corrected chi connectivity index (χ3v) is 11.6. The fourth-order valence-corrected chi connectivity index (χ4v) is 9.42. The zero-order chi connectivity index (χ0) is 30.7. The monoisotopic (exact) mass is 592 g/mol. The molecular weight excluding hydrogens is 553 g/mol. The summed E-state index contributed by atoms with van der Waals surface area (Å²) < 4.78 is 44.7. The zero-order valence-electron chi connectivity index (χ0n) is 24.9. The average molecular weight is 593 g/mol. The number of phenolic OH excluding ortho intramolecular Hbond substituents is 1. The van der Waals surface area contributed by atoms with Crippen LogP contribution in [0.15, 0.2) is 71.8 Å². The van der Waals surface area contributed by atoms with E-state index in [2.05, 4.69) is 19.9 Å². The Bertz CT molecular complexity index is 1470. The van der Waals surface area contributed by atoms with Crippen molar-refractivity contribution in [2.75, 3.05) is 7.11 Å². The fourth-order valence-electron chi connectivity index (χ4n) is 9.42. The van der Waals surface area contributed by atoms with Crippen molar-refractivity contribution < 1.29 is 32.6 Å². The van der Waals surface area contributed by atoms with Crippen molar-refractivity contribution in [1.82, 2.24) is 0 Å². The third-order valence-electron chi connectivity index (χ3n) is 11.6. The van der Waals surface area contributed by atoms with Crippen molar-refractivity contribution >= 4 is 11.8 Å². The number of fused-ring (bicyclic) bond motifs is 5. The highest BCUT2D eigenvalue weighted by Crippen LogP contribution is 2.66. The van der Waals surface area contributed by atoms with E-state index in [1.165, 1.54) is 19.2 Å². The summed E-state index contributed by atoms with van der Waals surface area (Å²) in [6.07, 6.45) is 5.79. The molecule has 0 unspecified atom stereocenters. The SMILES string of the molecule is COC(=O)C1=CC2=CC[C@H]3[C@@H]4CC[C@H](C(=O)c5ccc(O)cc5)[C@@]4(C)CC[C@@H]3[C@@]2(C)C[C@H]1Cc1ccc(C(F)(F)F)cc1. The van der Waals surface area contributed by atoms with Crippen LogP contribution in [0.25, 0.3) is 0 Å². The fraction of sp³-hybridized carbons (Fsp3) is 0.500. The van der Waals surface area contributed by atoms with Gasteiger partial charge in [0.2, 0.25) is 0 Å². The minimum absolute atomic E-state index is 0.0502. The van der Waals surface area contributed by atoms with Gasteiger partial charge in [0.15, 0.2) is 5.78 Å². The molecule has 2 aromatic carbocycles. The van der Waals surface area contributed by atoms with Gasteiger partial charge in [-0.3, -0.25) is 4.79 Å². The van der Waals surface area contributed by atoms with Crippen molar-refractivity contribution in [3.63, 3.8) is 0 Å². The number of carbonyl (C=O) groups is 2. The number of Topliss-reactive ketones (excluding diaryl/α,β-unsaturated/α-hetero) is 1. The molecule has 6 rings (SSSR count). The summed E-state index contributed by atoms with van der Waals surface area (Å²) in [4.78, 5) is 26.6. The van der Waals surface area contributed by atoms with Crippen LogP contribution in [0.4, 0.5) is 13.2 Å². The van der Waals surface area contributed by atoms with E-state index in [-0.39, 0.29) is 40.2 Å². The van der Waals surface area contributed by atoms with Crippen molar-refractivity contribution in [2.24, 2.45) is 40.4 Å². The molecule has 0 spiro atoms. The standard InChI is InChI=1S/C36H39F3O4/c1-34-17-16-30-27(29(34)14-15-31(34)32(41)22-6-11-26(40)12-7-22)13-10-25-19-28(33(42)43-3)23(20-35(25,30)2)18-21-4-8-24(9-5-21)36(37,38)39/h4-12,19,23,27,29-31,40H,13-18,20H2,1-3H3/t23-,27+,29+,30+,31-,34+,35+/m1/s1. The second-order valence-electron chi connectivity index (χ2n) is 13.7. The summed E-state index contributed by atoms with van der Waals surface area (Å²) in [7, 11) is 1.37. The molecule has 228 valence electrons. The van der Waals surface area contributed by atoms with E-state index in [1.807, 2.05) is 6.08 Å².